The number of fused-ring (bicyclic) bond motifs is 1. The molecule has 144 valence electrons. The number of benzene rings is 1. The first kappa shape index (κ1) is 19.0. The SMILES string of the molecule is O=C(CCCc1cccs1)NC[C@H]1Cc2cc(Cl)cc(-c3ccncc3)c2O1. The first-order chi connectivity index (χ1) is 13.7. The van der Waals surface area contributed by atoms with Crippen molar-refractivity contribution in [1.82, 2.24) is 10.3 Å². The third-order valence-electron chi connectivity index (χ3n) is 4.79. The van der Waals surface area contributed by atoms with Gasteiger partial charge in [0.15, 0.2) is 0 Å². The predicted molar refractivity (Wildman–Crippen MR) is 113 cm³/mol. The fourth-order valence-corrected chi connectivity index (χ4v) is 4.44. The van der Waals surface area contributed by atoms with E-state index < -0.39 is 0 Å². The van der Waals surface area contributed by atoms with Crippen molar-refractivity contribution in [2.75, 3.05) is 6.54 Å². The monoisotopic (exact) mass is 412 g/mol. The molecule has 4 nitrogen and oxygen atoms in total. The number of thiophene rings is 1. The van der Waals surface area contributed by atoms with Gasteiger partial charge in [0.1, 0.15) is 11.9 Å². The van der Waals surface area contributed by atoms with E-state index in [9.17, 15) is 4.79 Å². The maximum atomic E-state index is 12.2. The molecule has 0 saturated carbocycles. The first-order valence-electron chi connectivity index (χ1n) is 9.37. The summed E-state index contributed by atoms with van der Waals surface area (Å²) in [6.45, 7) is 0.500. The second-order valence-electron chi connectivity index (χ2n) is 6.86. The van der Waals surface area contributed by atoms with Gasteiger partial charge in [-0.05, 0) is 54.1 Å². The molecule has 0 bridgehead atoms. The molecule has 0 spiro atoms. The Morgan fingerprint density at radius 1 is 1.29 bits per heavy atom. The largest absolute Gasteiger partial charge is 0.487 e. The molecule has 2 aromatic heterocycles. The molecule has 1 aliphatic rings. The fraction of sp³-hybridized carbons (Fsp3) is 0.273. The second kappa shape index (κ2) is 8.76. The van der Waals surface area contributed by atoms with Crippen LogP contribution < -0.4 is 10.1 Å². The van der Waals surface area contributed by atoms with Crippen LogP contribution in [0.1, 0.15) is 23.3 Å². The molecule has 6 heteroatoms. The highest BCUT2D eigenvalue weighted by Crippen LogP contribution is 2.40. The van der Waals surface area contributed by atoms with Gasteiger partial charge in [-0.2, -0.15) is 0 Å². The van der Waals surface area contributed by atoms with E-state index in [1.807, 2.05) is 30.3 Å². The van der Waals surface area contributed by atoms with Gasteiger partial charge in [-0.25, -0.2) is 0 Å². The number of aromatic nitrogens is 1. The van der Waals surface area contributed by atoms with E-state index in [-0.39, 0.29) is 12.0 Å². The minimum Gasteiger partial charge on any atom is -0.487 e. The molecule has 1 aliphatic heterocycles. The number of aryl methyl sites for hydroxylation is 1. The number of hydrogen-bond donors (Lipinski definition) is 1. The lowest BCUT2D eigenvalue weighted by molar-refractivity contribution is -0.121. The summed E-state index contributed by atoms with van der Waals surface area (Å²) in [5.74, 6) is 0.927. The number of hydrogen-bond acceptors (Lipinski definition) is 4. The van der Waals surface area contributed by atoms with E-state index in [2.05, 4.69) is 21.7 Å². The van der Waals surface area contributed by atoms with E-state index in [4.69, 9.17) is 16.3 Å². The van der Waals surface area contributed by atoms with Gasteiger partial charge < -0.3 is 10.1 Å². The first-order valence-corrected chi connectivity index (χ1v) is 10.6. The average Bonchev–Trinajstić information content (AvgIpc) is 3.36. The van der Waals surface area contributed by atoms with Crippen molar-refractivity contribution in [3.8, 4) is 16.9 Å². The lowest BCUT2D eigenvalue weighted by Crippen LogP contribution is -2.34. The van der Waals surface area contributed by atoms with Crippen molar-refractivity contribution >= 4 is 28.8 Å². The molecule has 0 radical (unpaired) electrons. The van der Waals surface area contributed by atoms with E-state index in [0.717, 1.165) is 41.7 Å². The molecular formula is C22H21ClN2O2S. The average molecular weight is 413 g/mol. The number of nitrogens with one attached hydrogen (secondary N) is 1. The summed E-state index contributed by atoms with van der Waals surface area (Å²) in [4.78, 5) is 17.5. The highest BCUT2D eigenvalue weighted by Gasteiger charge is 2.27. The molecule has 1 amide bonds. The van der Waals surface area contributed by atoms with Crippen LogP contribution in [-0.2, 0) is 17.6 Å². The molecule has 1 aromatic carbocycles. The van der Waals surface area contributed by atoms with Crippen molar-refractivity contribution in [2.24, 2.45) is 0 Å². The van der Waals surface area contributed by atoms with Crippen LogP contribution in [0.25, 0.3) is 11.1 Å². The molecule has 4 rings (SSSR count). The van der Waals surface area contributed by atoms with Crippen molar-refractivity contribution in [1.29, 1.82) is 0 Å². The van der Waals surface area contributed by atoms with E-state index in [0.29, 0.717) is 18.0 Å². The van der Waals surface area contributed by atoms with Gasteiger partial charge in [-0.15, -0.1) is 11.3 Å². The van der Waals surface area contributed by atoms with Gasteiger partial charge in [-0.3, -0.25) is 9.78 Å². The summed E-state index contributed by atoms with van der Waals surface area (Å²) in [6.07, 6.45) is 6.52. The smallest absolute Gasteiger partial charge is 0.220 e. The van der Waals surface area contributed by atoms with E-state index in [1.54, 1.807) is 23.7 Å². The van der Waals surface area contributed by atoms with Crippen molar-refractivity contribution in [3.63, 3.8) is 0 Å². The predicted octanol–water partition coefficient (Wildman–Crippen LogP) is 4.91. The van der Waals surface area contributed by atoms with E-state index in [1.165, 1.54) is 4.88 Å². The van der Waals surface area contributed by atoms with Gasteiger partial charge in [0, 0.05) is 46.3 Å². The minimum absolute atomic E-state index is 0.0727. The van der Waals surface area contributed by atoms with Crippen molar-refractivity contribution in [3.05, 3.63) is 69.6 Å². The fourth-order valence-electron chi connectivity index (χ4n) is 3.45. The number of nitrogens with zero attached hydrogens (tertiary/aromatic N) is 1. The van der Waals surface area contributed by atoms with Crippen LogP contribution in [0.3, 0.4) is 0 Å². The summed E-state index contributed by atoms with van der Waals surface area (Å²) in [5.41, 5.74) is 3.07. The molecule has 0 unspecified atom stereocenters. The summed E-state index contributed by atoms with van der Waals surface area (Å²) < 4.78 is 6.17. The van der Waals surface area contributed by atoms with Crippen LogP contribution in [0.5, 0.6) is 5.75 Å². The maximum Gasteiger partial charge on any atom is 0.220 e. The number of ether oxygens (including phenoxy) is 1. The zero-order valence-electron chi connectivity index (χ0n) is 15.4. The Bertz CT molecular complexity index is 945. The standard InChI is InChI=1S/C22H21ClN2O2S/c23-17-11-16-12-18(14-25-21(26)5-1-3-19-4-2-10-28-19)27-22(16)20(13-17)15-6-8-24-9-7-15/h2,4,6-11,13,18H,1,3,5,12,14H2,(H,25,26)/t18-/m1/s1. The minimum atomic E-state index is -0.0738. The molecule has 28 heavy (non-hydrogen) atoms. The molecule has 0 saturated heterocycles. The number of amides is 1. The Morgan fingerprint density at radius 3 is 2.93 bits per heavy atom. The van der Waals surface area contributed by atoms with Crippen LogP contribution >= 0.6 is 22.9 Å². The highest BCUT2D eigenvalue weighted by molar-refractivity contribution is 7.09. The lowest BCUT2D eigenvalue weighted by atomic mass is 10.0. The molecular weight excluding hydrogens is 392 g/mol. The normalized spacial score (nSPS) is 15.1. The Kier molecular flexibility index (Phi) is 5.93. The highest BCUT2D eigenvalue weighted by atomic mass is 35.5. The lowest BCUT2D eigenvalue weighted by Gasteiger charge is -2.14. The summed E-state index contributed by atoms with van der Waals surface area (Å²) >= 11 is 8.05. The van der Waals surface area contributed by atoms with Crippen LogP contribution in [0.2, 0.25) is 5.02 Å². The van der Waals surface area contributed by atoms with Gasteiger partial charge in [-0.1, -0.05) is 17.7 Å². The molecule has 3 heterocycles. The number of carbonyl (C=O) groups is 1. The summed E-state index contributed by atoms with van der Waals surface area (Å²) in [5, 5.41) is 5.76. The Morgan fingerprint density at radius 2 is 2.14 bits per heavy atom. The Labute approximate surface area is 173 Å². The Balaban J connectivity index is 1.33. The molecule has 1 N–H and O–H groups in total. The van der Waals surface area contributed by atoms with Crippen molar-refractivity contribution < 1.29 is 9.53 Å². The quantitative estimate of drug-likeness (QED) is 0.600. The molecule has 0 fully saturated rings. The van der Waals surface area contributed by atoms with Crippen molar-refractivity contribution in [2.45, 2.75) is 31.8 Å². The number of pyridine rings is 1. The van der Waals surface area contributed by atoms with Gasteiger partial charge >= 0.3 is 0 Å². The Hall–Kier alpha value is -2.37. The topological polar surface area (TPSA) is 51.2 Å². The van der Waals surface area contributed by atoms with Gasteiger partial charge in [0.2, 0.25) is 5.91 Å². The van der Waals surface area contributed by atoms with Crippen LogP contribution in [0.15, 0.2) is 54.2 Å². The van der Waals surface area contributed by atoms with Gasteiger partial charge in [0.25, 0.3) is 0 Å². The van der Waals surface area contributed by atoms with Gasteiger partial charge in [0.05, 0.1) is 6.54 Å². The maximum absolute atomic E-state index is 12.2. The third-order valence-corrected chi connectivity index (χ3v) is 5.94. The van der Waals surface area contributed by atoms with E-state index >= 15 is 0 Å². The number of rotatable bonds is 7. The number of carbonyl (C=O) groups excluding carboxylic acids is 1. The zero-order valence-corrected chi connectivity index (χ0v) is 16.9. The number of halogens is 1. The molecule has 3 aromatic rings. The molecule has 1 atom stereocenters. The second-order valence-corrected chi connectivity index (χ2v) is 8.33. The third kappa shape index (κ3) is 4.54. The summed E-state index contributed by atoms with van der Waals surface area (Å²) in [6, 6.07) is 11.9. The van der Waals surface area contributed by atoms with Crippen LogP contribution in [0.4, 0.5) is 0 Å². The summed E-state index contributed by atoms with van der Waals surface area (Å²) in [7, 11) is 0. The molecule has 0 aliphatic carbocycles. The van der Waals surface area contributed by atoms with Crippen LogP contribution in [-0.4, -0.2) is 23.5 Å². The zero-order chi connectivity index (χ0) is 19.3. The van der Waals surface area contributed by atoms with Crippen LogP contribution in [0, 0.1) is 0 Å².